The van der Waals surface area contributed by atoms with E-state index in [1.807, 2.05) is 0 Å². The summed E-state index contributed by atoms with van der Waals surface area (Å²) in [5, 5.41) is 2.70. The van der Waals surface area contributed by atoms with Gasteiger partial charge in [0.2, 0.25) is 0 Å². The average Bonchev–Trinajstić information content (AvgIpc) is 2.45. The predicted octanol–water partition coefficient (Wildman–Crippen LogP) is 2.37. The monoisotopic (exact) mass is 307 g/mol. The molecule has 0 aliphatic heterocycles. The molecule has 1 amide bonds. The van der Waals surface area contributed by atoms with Crippen molar-refractivity contribution in [2.45, 2.75) is 32.3 Å². The van der Waals surface area contributed by atoms with Crippen LogP contribution in [-0.4, -0.2) is 32.2 Å². The Bertz CT molecular complexity index is 553. The maximum Gasteiger partial charge on any atom is 0.309 e. The van der Waals surface area contributed by atoms with Crippen molar-refractivity contribution in [3.63, 3.8) is 0 Å². The van der Waals surface area contributed by atoms with Crippen LogP contribution in [0.1, 0.15) is 26.2 Å². The van der Waals surface area contributed by atoms with E-state index in [0.717, 1.165) is 19.3 Å². The molecule has 1 aliphatic rings. The Kier molecular flexibility index (Phi) is 5.25. The van der Waals surface area contributed by atoms with Crippen LogP contribution in [0.2, 0.25) is 0 Å². The SMILES string of the molecule is COc1ccc(OC)c(NC(=O)C(C)OC(=O)C2CCC2)c1. The van der Waals surface area contributed by atoms with Crippen molar-refractivity contribution in [1.82, 2.24) is 0 Å². The Morgan fingerprint density at radius 2 is 1.95 bits per heavy atom. The second-order valence-corrected chi connectivity index (χ2v) is 5.26. The summed E-state index contributed by atoms with van der Waals surface area (Å²) in [5.74, 6) is 0.342. The van der Waals surface area contributed by atoms with E-state index in [1.165, 1.54) is 14.2 Å². The number of amides is 1. The number of hydrogen-bond donors (Lipinski definition) is 1. The van der Waals surface area contributed by atoms with Crippen molar-refractivity contribution in [3.05, 3.63) is 18.2 Å². The fourth-order valence-corrected chi connectivity index (χ4v) is 2.11. The van der Waals surface area contributed by atoms with E-state index in [-0.39, 0.29) is 11.9 Å². The lowest BCUT2D eigenvalue weighted by atomic mass is 9.86. The van der Waals surface area contributed by atoms with E-state index in [1.54, 1.807) is 25.1 Å². The summed E-state index contributed by atoms with van der Waals surface area (Å²) in [6, 6.07) is 5.07. The van der Waals surface area contributed by atoms with Crippen LogP contribution in [0.25, 0.3) is 0 Å². The smallest absolute Gasteiger partial charge is 0.309 e. The largest absolute Gasteiger partial charge is 0.497 e. The fraction of sp³-hybridized carbons (Fsp3) is 0.500. The lowest BCUT2D eigenvalue weighted by Crippen LogP contribution is -2.34. The standard InChI is InChI=1S/C16H21NO5/c1-10(22-16(19)11-5-4-6-11)15(18)17-13-9-12(20-2)7-8-14(13)21-3/h7-11H,4-6H2,1-3H3,(H,17,18). The molecular weight excluding hydrogens is 286 g/mol. The molecule has 1 saturated carbocycles. The average molecular weight is 307 g/mol. The van der Waals surface area contributed by atoms with Gasteiger partial charge in [0.05, 0.1) is 25.8 Å². The van der Waals surface area contributed by atoms with E-state index in [2.05, 4.69) is 5.32 Å². The van der Waals surface area contributed by atoms with Gasteiger partial charge in [-0.15, -0.1) is 0 Å². The van der Waals surface area contributed by atoms with Gasteiger partial charge in [-0.05, 0) is 31.9 Å². The Morgan fingerprint density at radius 1 is 1.23 bits per heavy atom. The van der Waals surface area contributed by atoms with Crippen molar-refractivity contribution in [2.24, 2.45) is 5.92 Å². The molecule has 1 unspecified atom stereocenters. The molecular formula is C16H21NO5. The summed E-state index contributed by atoms with van der Waals surface area (Å²) >= 11 is 0. The predicted molar refractivity (Wildman–Crippen MR) is 81.1 cm³/mol. The number of carbonyl (C=O) groups excluding carboxylic acids is 2. The van der Waals surface area contributed by atoms with Crippen LogP contribution in [0.3, 0.4) is 0 Å². The Balaban J connectivity index is 1.99. The number of methoxy groups -OCH3 is 2. The zero-order valence-electron chi connectivity index (χ0n) is 13.0. The van der Waals surface area contributed by atoms with Gasteiger partial charge in [-0.1, -0.05) is 6.42 Å². The number of nitrogens with one attached hydrogen (secondary N) is 1. The number of rotatable bonds is 6. The second-order valence-electron chi connectivity index (χ2n) is 5.26. The maximum atomic E-state index is 12.2. The normalized spacial score (nSPS) is 15.4. The highest BCUT2D eigenvalue weighted by Crippen LogP contribution is 2.30. The molecule has 0 bridgehead atoms. The lowest BCUT2D eigenvalue weighted by molar-refractivity contribution is -0.159. The summed E-state index contributed by atoms with van der Waals surface area (Å²) in [6.07, 6.45) is 1.87. The van der Waals surface area contributed by atoms with Gasteiger partial charge < -0.3 is 19.5 Å². The van der Waals surface area contributed by atoms with Crippen LogP contribution in [-0.2, 0) is 14.3 Å². The van der Waals surface area contributed by atoms with Crippen molar-refractivity contribution in [2.75, 3.05) is 19.5 Å². The van der Waals surface area contributed by atoms with E-state index < -0.39 is 12.0 Å². The molecule has 0 saturated heterocycles. The van der Waals surface area contributed by atoms with Gasteiger partial charge in [0.1, 0.15) is 11.5 Å². The van der Waals surface area contributed by atoms with Gasteiger partial charge in [0.25, 0.3) is 5.91 Å². The first-order chi connectivity index (χ1) is 10.5. The third-order valence-electron chi connectivity index (χ3n) is 3.77. The third kappa shape index (κ3) is 3.69. The van der Waals surface area contributed by atoms with Crippen molar-refractivity contribution in [3.8, 4) is 11.5 Å². The number of esters is 1. The van der Waals surface area contributed by atoms with Gasteiger partial charge in [0.15, 0.2) is 6.10 Å². The number of benzene rings is 1. The maximum absolute atomic E-state index is 12.2. The van der Waals surface area contributed by atoms with Crippen LogP contribution in [0.5, 0.6) is 11.5 Å². The van der Waals surface area contributed by atoms with Crippen LogP contribution < -0.4 is 14.8 Å². The van der Waals surface area contributed by atoms with Crippen LogP contribution in [0.15, 0.2) is 18.2 Å². The van der Waals surface area contributed by atoms with Crippen LogP contribution >= 0.6 is 0 Å². The molecule has 0 spiro atoms. The Morgan fingerprint density at radius 3 is 2.50 bits per heavy atom. The second kappa shape index (κ2) is 7.15. The van der Waals surface area contributed by atoms with Crippen molar-refractivity contribution >= 4 is 17.6 Å². The van der Waals surface area contributed by atoms with Gasteiger partial charge in [0, 0.05) is 6.07 Å². The summed E-state index contributed by atoms with van der Waals surface area (Å²) in [4.78, 5) is 23.9. The molecule has 0 radical (unpaired) electrons. The minimum Gasteiger partial charge on any atom is -0.497 e. The molecule has 120 valence electrons. The molecule has 6 nitrogen and oxygen atoms in total. The number of carbonyl (C=O) groups is 2. The topological polar surface area (TPSA) is 73.9 Å². The van der Waals surface area contributed by atoms with Gasteiger partial charge in [-0.3, -0.25) is 9.59 Å². The zero-order valence-corrected chi connectivity index (χ0v) is 13.0. The summed E-state index contributed by atoms with van der Waals surface area (Å²) in [6.45, 7) is 1.55. The molecule has 1 atom stereocenters. The molecule has 1 aliphatic carbocycles. The highest BCUT2D eigenvalue weighted by atomic mass is 16.5. The molecule has 0 heterocycles. The number of ether oxygens (including phenoxy) is 3. The number of anilines is 1. The first kappa shape index (κ1) is 16.1. The van der Waals surface area contributed by atoms with E-state index in [0.29, 0.717) is 17.2 Å². The Labute approximate surface area is 129 Å². The highest BCUT2D eigenvalue weighted by molar-refractivity contribution is 5.96. The molecule has 0 aromatic heterocycles. The summed E-state index contributed by atoms with van der Waals surface area (Å²) in [7, 11) is 3.05. The first-order valence-electron chi connectivity index (χ1n) is 7.28. The molecule has 1 fully saturated rings. The molecule has 2 rings (SSSR count). The van der Waals surface area contributed by atoms with Crippen LogP contribution in [0.4, 0.5) is 5.69 Å². The Hall–Kier alpha value is -2.24. The van der Waals surface area contributed by atoms with E-state index in [9.17, 15) is 9.59 Å². The minimum atomic E-state index is -0.857. The fourth-order valence-electron chi connectivity index (χ4n) is 2.11. The van der Waals surface area contributed by atoms with Crippen molar-refractivity contribution in [1.29, 1.82) is 0 Å². The first-order valence-corrected chi connectivity index (χ1v) is 7.28. The summed E-state index contributed by atoms with van der Waals surface area (Å²) in [5.41, 5.74) is 0.471. The quantitative estimate of drug-likeness (QED) is 0.817. The van der Waals surface area contributed by atoms with Gasteiger partial charge in [-0.2, -0.15) is 0 Å². The molecule has 22 heavy (non-hydrogen) atoms. The minimum absolute atomic E-state index is 0.0541. The van der Waals surface area contributed by atoms with Gasteiger partial charge >= 0.3 is 5.97 Å². The summed E-state index contributed by atoms with van der Waals surface area (Å²) < 4.78 is 15.5. The van der Waals surface area contributed by atoms with E-state index >= 15 is 0 Å². The molecule has 1 N–H and O–H groups in total. The zero-order chi connectivity index (χ0) is 16.1. The lowest BCUT2D eigenvalue weighted by Gasteiger charge is -2.25. The molecule has 6 heteroatoms. The van der Waals surface area contributed by atoms with Crippen LogP contribution in [0, 0.1) is 5.92 Å². The molecule has 1 aromatic rings. The highest BCUT2D eigenvalue weighted by Gasteiger charge is 2.29. The van der Waals surface area contributed by atoms with Gasteiger partial charge in [-0.25, -0.2) is 0 Å². The van der Waals surface area contributed by atoms with E-state index in [4.69, 9.17) is 14.2 Å². The molecule has 1 aromatic carbocycles. The van der Waals surface area contributed by atoms with Crippen molar-refractivity contribution < 1.29 is 23.8 Å². The third-order valence-corrected chi connectivity index (χ3v) is 3.77. The number of hydrogen-bond acceptors (Lipinski definition) is 5.